The highest BCUT2D eigenvalue weighted by atomic mass is 16.5. The summed E-state index contributed by atoms with van der Waals surface area (Å²) >= 11 is 0. The van der Waals surface area contributed by atoms with Crippen LogP contribution in [0, 0.1) is 12.8 Å². The van der Waals surface area contributed by atoms with Crippen molar-refractivity contribution in [2.24, 2.45) is 0 Å². The first-order valence-corrected chi connectivity index (χ1v) is 10.3. The molecule has 0 spiro atoms. The molecule has 0 amide bonds. The Morgan fingerprint density at radius 1 is 1.03 bits per heavy atom. The molecule has 0 aliphatic rings. The van der Waals surface area contributed by atoms with E-state index in [-0.39, 0.29) is 11.1 Å². The van der Waals surface area contributed by atoms with E-state index in [1.54, 1.807) is 7.11 Å². The van der Waals surface area contributed by atoms with E-state index in [1.165, 1.54) is 5.56 Å². The van der Waals surface area contributed by atoms with E-state index in [1.807, 2.05) is 26.8 Å². The topological polar surface area (TPSA) is 42.5 Å². The summed E-state index contributed by atoms with van der Waals surface area (Å²) in [6.07, 6.45) is 10.0. The molecule has 4 heteroatoms. The fraction of sp³-hybridized carbons (Fsp3) is 0.538. The summed E-state index contributed by atoms with van der Waals surface area (Å²) in [5.74, 6) is 0.634. The molecule has 30 heavy (non-hydrogen) atoms. The number of allylic oxidation sites excluding steroid dienone is 1. The predicted octanol–water partition coefficient (Wildman–Crippen LogP) is 5.67. The maximum Gasteiger partial charge on any atom is 0.180 e. The number of methoxy groups -OCH3 is 1. The van der Waals surface area contributed by atoms with E-state index in [0.29, 0.717) is 18.5 Å². The van der Waals surface area contributed by atoms with Gasteiger partial charge in [0.15, 0.2) is 5.88 Å². The molecule has 1 aromatic rings. The molecule has 1 atom stereocenters. The molecule has 0 fully saturated rings. The minimum Gasteiger partial charge on any atom is -0.474 e. The highest BCUT2D eigenvalue weighted by molar-refractivity contribution is 5.16. The van der Waals surface area contributed by atoms with Crippen molar-refractivity contribution in [3.8, 4) is 12.8 Å². The first-order chi connectivity index (χ1) is 13.8. The molecule has 0 bridgehead atoms. The third-order valence-electron chi connectivity index (χ3n) is 3.37. The van der Waals surface area contributed by atoms with Crippen molar-refractivity contribution in [1.82, 2.24) is 10.6 Å². The van der Waals surface area contributed by atoms with Crippen LogP contribution < -0.4 is 10.6 Å². The average Bonchev–Trinajstić information content (AvgIpc) is 2.60. The molecule has 0 aliphatic carbocycles. The zero-order chi connectivity index (χ0) is 23.8. The van der Waals surface area contributed by atoms with Crippen LogP contribution in [-0.2, 0) is 15.9 Å². The largest absolute Gasteiger partial charge is 0.474 e. The van der Waals surface area contributed by atoms with Gasteiger partial charge in [-0.1, -0.05) is 36.9 Å². The molecule has 0 saturated carbocycles. The summed E-state index contributed by atoms with van der Waals surface area (Å²) in [6, 6.07) is 10.8. The third kappa shape index (κ3) is 20.4. The maximum absolute atomic E-state index is 5.51. The molecule has 0 aliphatic heterocycles. The molecule has 2 N–H and O–H groups in total. The Labute approximate surface area is 186 Å². The highest BCUT2D eigenvalue weighted by Gasteiger charge is 2.16. The fourth-order valence-corrected chi connectivity index (χ4v) is 2.47. The molecular formula is C26H44N2O2. The van der Waals surface area contributed by atoms with Gasteiger partial charge in [-0.05, 0) is 73.5 Å². The molecular weight excluding hydrogens is 372 g/mol. The van der Waals surface area contributed by atoms with Gasteiger partial charge in [-0.25, -0.2) is 0 Å². The lowest BCUT2D eigenvalue weighted by atomic mass is 10.1. The predicted molar refractivity (Wildman–Crippen MR) is 131 cm³/mol. The van der Waals surface area contributed by atoms with E-state index in [4.69, 9.17) is 9.47 Å². The maximum atomic E-state index is 5.51. The Morgan fingerprint density at radius 3 is 2.00 bits per heavy atom. The monoisotopic (exact) mass is 416 g/mol. The van der Waals surface area contributed by atoms with Gasteiger partial charge >= 0.3 is 0 Å². The minimum atomic E-state index is -0.171. The quantitative estimate of drug-likeness (QED) is 0.402. The van der Waals surface area contributed by atoms with Gasteiger partial charge in [-0.15, -0.1) is 12.8 Å². The van der Waals surface area contributed by atoms with Gasteiger partial charge in [-0.2, -0.15) is 0 Å². The molecule has 0 unspecified atom stereocenters. The van der Waals surface area contributed by atoms with Crippen LogP contribution in [0.1, 0.15) is 60.5 Å². The van der Waals surface area contributed by atoms with Crippen molar-refractivity contribution >= 4 is 0 Å². The number of hydrogen-bond donors (Lipinski definition) is 2. The van der Waals surface area contributed by atoms with E-state index in [2.05, 4.69) is 88.6 Å². The van der Waals surface area contributed by atoms with Crippen molar-refractivity contribution in [2.75, 3.05) is 13.7 Å². The smallest absolute Gasteiger partial charge is 0.180 e. The van der Waals surface area contributed by atoms with E-state index in [9.17, 15) is 0 Å². The van der Waals surface area contributed by atoms with E-state index >= 15 is 0 Å². The average molecular weight is 417 g/mol. The second-order valence-corrected chi connectivity index (χ2v) is 9.10. The first-order valence-electron chi connectivity index (χ1n) is 10.3. The van der Waals surface area contributed by atoms with Crippen molar-refractivity contribution in [1.29, 1.82) is 0 Å². The van der Waals surface area contributed by atoms with Crippen LogP contribution in [0.4, 0.5) is 0 Å². The molecule has 170 valence electrons. The molecule has 0 radical (unpaired) electrons. The van der Waals surface area contributed by atoms with Crippen LogP contribution in [0.5, 0.6) is 0 Å². The van der Waals surface area contributed by atoms with Crippen molar-refractivity contribution in [3.05, 3.63) is 60.6 Å². The lowest BCUT2D eigenvalue weighted by molar-refractivity contribution is 0.0351. The third-order valence-corrected chi connectivity index (χ3v) is 3.37. The SMILES string of the molecule is C#C.C=C(CCc1ccccc1)N[C@@H](C)COC.C=C(NC(C)(C)C)OC(C)(C)C. The number of aryl methyl sites for hydroxylation is 1. The van der Waals surface area contributed by atoms with Crippen LogP contribution in [0.3, 0.4) is 0 Å². The van der Waals surface area contributed by atoms with Gasteiger partial charge in [0.25, 0.3) is 0 Å². The first kappa shape index (κ1) is 29.8. The summed E-state index contributed by atoms with van der Waals surface area (Å²) in [4.78, 5) is 0. The van der Waals surface area contributed by atoms with Crippen molar-refractivity contribution in [2.45, 2.75) is 78.5 Å². The Balaban J connectivity index is 0. The van der Waals surface area contributed by atoms with Gasteiger partial charge in [0, 0.05) is 24.4 Å². The van der Waals surface area contributed by atoms with Crippen LogP contribution in [-0.4, -0.2) is 30.9 Å². The minimum absolute atomic E-state index is 0.0162. The lowest BCUT2D eigenvalue weighted by Gasteiger charge is -2.28. The highest BCUT2D eigenvalue weighted by Crippen LogP contribution is 2.12. The summed E-state index contributed by atoms with van der Waals surface area (Å²) in [5, 5.41) is 6.49. The van der Waals surface area contributed by atoms with Crippen LogP contribution >= 0.6 is 0 Å². The molecule has 0 heterocycles. The Hall–Kier alpha value is -2.38. The molecule has 4 nitrogen and oxygen atoms in total. The Kier molecular flexibility index (Phi) is 15.4. The number of ether oxygens (including phenoxy) is 2. The number of terminal acetylenes is 1. The van der Waals surface area contributed by atoms with Crippen LogP contribution in [0.25, 0.3) is 0 Å². The second-order valence-electron chi connectivity index (χ2n) is 9.10. The second kappa shape index (κ2) is 15.5. The zero-order valence-electron chi connectivity index (χ0n) is 20.5. The van der Waals surface area contributed by atoms with Crippen LogP contribution in [0.15, 0.2) is 55.1 Å². The molecule has 1 aromatic carbocycles. The summed E-state index contributed by atoms with van der Waals surface area (Å²) in [7, 11) is 1.71. The number of nitrogens with one attached hydrogen (secondary N) is 2. The summed E-state index contributed by atoms with van der Waals surface area (Å²) in [6.45, 7) is 22.9. The van der Waals surface area contributed by atoms with E-state index < -0.39 is 0 Å². The van der Waals surface area contributed by atoms with Gasteiger partial charge in [0.05, 0.1) is 6.61 Å². The number of hydrogen-bond acceptors (Lipinski definition) is 4. The van der Waals surface area contributed by atoms with Gasteiger partial charge in [0.1, 0.15) is 5.60 Å². The zero-order valence-corrected chi connectivity index (χ0v) is 20.5. The van der Waals surface area contributed by atoms with Gasteiger partial charge < -0.3 is 20.1 Å². The Bertz CT molecular complexity index is 589. The molecule has 0 saturated heterocycles. The molecule has 1 rings (SSSR count). The van der Waals surface area contributed by atoms with Gasteiger partial charge in [-0.3, -0.25) is 0 Å². The normalized spacial score (nSPS) is 11.5. The number of rotatable bonds is 9. The van der Waals surface area contributed by atoms with Crippen molar-refractivity contribution in [3.63, 3.8) is 0 Å². The van der Waals surface area contributed by atoms with E-state index in [0.717, 1.165) is 18.5 Å². The summed E-state index contributed by atoms with van der Waals surface area (Å²) in [5.41, 5.74) is 2.27. The molecule has 0 aromatic heterocycles. The fourth-order valence-electron chi connectivity index (χ4n) is 2.47. The summed E-state index contributed by atoms with van der Waals surface area (Å²) < 4.78 is 10.6. The Morgan fingerprint density at radius 2 is 1.57 bits per heavy atom. The van der Waals surface area contributed by atoms with Gasteiger partial charge in [0.2, 0.25) is 0 Å². The number of benzene rings is 1. The van der Waals surface area contributed by atoms with Crippen molar-refractivity contribution < 1.29 is 9.47 Å². The lowest BCUT2D eigenvalue weighted by Crippen LogP contribution is -2.37. The van der Waals surface area contributed by atoms with Crippen LogP contribution in [0.2, 0.25) is 0 Å². The standard InChI is InChI=1S/C14H21NO.C10H21NO.C2H2/c1-12(15-13(2)11-16-3)9-10-14-7-5-4-6-8-14;1-8(11-9(2,3)4)12-10(5,6)7;1-2/h4-8,13,15H,1,9-11H2,2-3H3;11H,1H2,2-7H3;1-2H/t13-;;/m0../s1.